The predicted molar refractivity (Wildman–Crippen MR) is 76.7 cm³/mol. The highest BCUT2D eigenvalue weighted by Gasteiger charge is 2.06. The van der Waals surface area contributed by atoms with Gasteiger partial charge < -0.3 is 4.90 Å². The van der Waals surface area contributed by atoms with E-state index in [1.165, 1.54) is 24.1 Å². The predicted octanol–water partition coefficient (Wildman–Crippen LogP) is 4.10. The molecule has 0 amide bonds. The first-order valence-corrected chi connectivity index (χ1v) is 7.77. The van der Waals surface area contributed by atoms with E-state index in [9.17, 15) is 0 Å². The second kappa shape index (κ2) is 6.28. The molecule has 0 unspecified atom stereocenters. The number of aromatic nitrogens is 1. The zero-order chi connectivity index (χ0) is 12.1. The molecular formula is C13H18N2S2. The Bertz CT molecular complexity index is 434. The Kier molecular flexibility index (Phi) is 4.71. The number of hydrogen-bond acceptors (Lipinski definition) is 4. The van der Waals surface area contributed by atoms with Gasteiger partial charge in [-0.3, -0.25) is 0 Å². The lowest BCUT2D eigenvalue weighted by Gasteiger charge is -2.13. The van der Waals surface area contributed by atoms with Gasteiger partial charge in [-0.15, -0.1) is 11.3 Å². The van der Waals surface area contributed by atoms with Crippen LogP contribution in [0.1, 0.15) is 25.5 Å². The van der Waals surface area contributed by atoms with E-state index in [2.05, 4.69) is 46.1 Å². The van der Waals surface area contributed by atoms with E-state index in [0.29, 0.717) is 0 Å². The van der Waals surface area contributed by atoms with Gasteiger partial charge in [-0.25, -0.2) is 4.98 Å². The van der Waals surface area contributed by atoms with E-state index in [1.54, 1.807) is 22.7 Å². The SMILES string of the molecule is CCCCN(C)Cc1csc(-c2ccsc2)n1. The van der Waals surface area contributed by atoms with Gasteiger partial charge in [0, 0.05) is 22.9 Å². The molecule has 2 rings (SSSR count). The van der Waals surface area contributed by atoms with Crippen LogP contribution in [0.15, 0.2) is 22.2 Å². The molecular weight excluding hydrogens is 248 g/mol. The summed E-state index contributed by atoms with van der Waals surface area (Å²) < 4.78 is 0. The molecule has 0 saturated carbocycles. The maximum Gasteiger partial charge on any atom is 0.124 e. The summed E-state index contributed by atoms with van der Waals surface area (Å²) in [6, 6.07) is 2.13. The number of unbranched alkanes of at least 4 members (excludes halogenated alkanes) is 1. The van der Waals surface area contributed by atoms with Crippen molar-refractivity contribution in [3.8, 4) is 10.6 Å². The van der Waals surface area contributed by atoms with Crippen molar-refractivity contribution in [1.82, 2.24) is 9.88 Å². The third kappa shape index (κ3) is 3.63. The molecule has 17 heavy (non-hydrogen) atoms. The number of hydrogen-bond donors (Lipinski definition) is 0. The summed E-state index contributed by atoms with van der Waals surface area (Å²) in [5, 5.41) is 7.58. The molecule has 0 aromatic carbocycles. The molecule has 0 bridgehead atoms. The minimum Gasteiger partial charge on any atom is -0.301 e. The van der Waals surface area contributed by atoms with Crippen molar-refractivity contribution in [3.05, 3.63) is 27.9 Å². The zero-order valence-electron chi connectivity index (χ0n) is 10.3. The molecule has 0 saturated heterocycles. The number of nitrogens with zero attached hydrogens (tertiary/aromatic N) is 2. The standard InChI is InChI=1S/C13H18N2S2/c1-3-4-6-15(2)8-12-10-17-13(14-12)11-5-7-16-9-11/h5,7,9-10H,3-4,6,8H2,1-2H3. The van der Waals surface area contributed by atoms with E-state index < -0.39 is 0 Å². The van der Waals surface area contributed by atoms with Crippen LogP contribution < -0.4 is 0 Å². The van der Waals surface area contributed by atoms with Crippen molar-refractivity contribution in [1.29, 1.82) is 0 Å². The highest BCUT2D eigenvalue weighted by atomic mass is 32.1. The molecule has 0 fully saturated rings. The van der Waals surface area contributed by atoms with E-state index in [-0.39, 0.29) is 0 Å². The van der Waals surface area contributed by atoms with Gasteiger partial charge in [0.05, 0.1) is 5.69 Å². The third-order valence-corrected chi connectivity index (χ3v) is 4.27. The van der Waals surface area contributed by atoms with Crippen LogP contribution in [0.25, 0.3) is 10.6 Å². The minimum absolute atomic E-state index is 0.959. The summed E-state index contributed by atoms with van der Waals surface area (Å²) in [7, 11) is 2.17. The average molecular weight is 266 g/mol. The highest BCUT2D eigenvalue weighted by Crippen LogP contribution is 2.25. The van der Waals surface area contributed by atoms with Gasteiger partial charge in [-0.05, 0) is 31.5 Å². The first-order chi connectivity index (χ1) is 8.29. The van der Waals surface area contributed by atoms with E-state index in [4.69, 9.17) is 0 Å². The molecule has 0 atom stereocenters. The van der Waals surface area contributed by atoms with Gasteiger partial charge in [-0.2, -0.15) is 11.3 Å². The molecule has 0 radical (unpaired) electrons. The molecule has 2 aromatic heterocycles. The van der Waals surface area contributed by atoms with Crippen LogP contribution in [-0.4, -0.2) is 23.5 Å². The van der Waals surface area contributed by atoms with E-state index >= 15 is 0 Å². The van der Waals surface area contributed by atoms with Crippen molar-refractivity contribution in [3.63, 3.8) is 0 Å². The molecule has 92 valence electrons. The van der Waals surface area contributed by atoms with Crippen LogP contribution >= 0.6 is 22.7 Å². The number of rotatable bonds is 6. The molecule has 0 spiro atoms. The normalized spacial score (nSPS) is 11.2. The lowest BCUT2D eigenvalue weighted by molar-refractivity contribution is 0.318. The fraction of sp³-hybridized carbons (Fsp3) is 0.462. The van der Waals surface area contributed by atoms with Gasteiger partial charge in [0.2, 0.25) is 0 Å². The second-order valence-corrected chi connectivity index (χ2v) is 5.89. The summed E-state index contributed by atoms with van der Waals surface area (Å²) >= 11 is 3.47. The highest BCUT2D eigenvalue weighted by molar-refractivity contribution is 7.14. The Hall–Kier alpha value is -0.710. The summed E-state index contributed by atoms with van der Waals surface area (Å²) in [6.45, 7) is 4.34. The topological polar surface area (TPSA) is 16.1 Å². The lowest BCUT2D eigenvalue weighted by Crippen LogP contribution is -2.19. The Balaban J connectivity index is 1.94. The molecule has 2 heterocycles. The van der Waals surface area contributed by atoms with Crippen molar-refractivity contribution in [2.75, 3.05) is 13.6 Å². The van der Waals surface area contributed by atoms with E-state index in [1.807, 2.05) is 0 Å². The van der Waals surface area contributed by atoms with Crippen molar-refractivity contribution in [2.24, 2.45) is 0 Å². The lowest BCUT2D eigenvalue weighted by atomic mass is 10.3. The number of thiophene rings is 1. The quantitative estimate of drug-likeness (QED) is 0.782. The van der Waals surface area contributed by atoms with Crippen LogP contribution in [-0.2, 0) is 6.54 Å². The molecule has 4 heteroatoms. The maximum absolute atomic E-state index is 4.68. The van der Waals surface area contributed by atoms with Crippen LogP contribution in [0.4, 0.5) is 0 Å². The fourth-order valence-corrected chi connectivity index (χ4v) is 3.21. The largest absolute Gasteiger partial charge is 0.301 e. The molecule has 0 aliphatic rings. The third-order valence-electron chi connectivity index (χ3n) is 2.65. The molecule has 2 nitrogen and oxygen atoms in total. The molecule has 0 N–H and O–H groups in total. The summed E-state index contributed by atoms with van der Waals surface area (Å²) in [4.78, 5) is 7.03. The Morgan fingerprint density at radius 3 is 2.94 bits per heavy atom. The van der Waals surface area contributed by atoms with Crippen molar-refractivity contribution in [2.45, 2.75) is 26.3 Å². The van der Waals surface area contributed by atoms with Gasteiger partial charge in [0.1, 0.15) is 5.01 Å². The summed E-state index contributed by atoms with van der Waals surface area (Å²) in [5.41, 5.74) is 2.44. The van der Waals surface area contributed by atoms with Crippen LogP contribution in [0.5, 0.6) is 0 Å². The van der Waals surface area contributed by atoms with Crippen LogP contribution in [0, 0.1) is 0 Å². The van der Waals surface area contributed by atoms with Crippen LogP contribution in [0.3, 0.4) is 0 Å². The maximum atomic E-state index is 4.68. The Labute approximate surface area is 111 Å². The second-order valence-electron chi connectivity index (χ2n) is 4.25. The van der Waals surface area contributed by atoms with Gasteiger partial charge in [-0.1, -0.05) is 13.3 Å². The Morgan fingerprint density at radius 1 is 1.35 bits per heavy atom. The van der Waals surface area contributed by atoms with Crippen molar-refractivity contribution >= 4 is 22.7 Å². The van der Waals surface area contributed by atoms with Gasteiger partial charge >= 0.3 is 0 Å². The monoisotopic (exact) mass is 266 g/mol. The van der Waals surface area contributed by atoms with Crippen LogP contribution in [0.2, 0.25) is 0 Å². The van der Waals surface area contributed by atoms with E-state index in [0.717, 1.165) is 18.1 Å². The van der Waals surface area contributed by atoms with Gasteiger partial charge in [0.15, 0.2) is 0 Å². The molecule has 2 aromatic rings. The average Bonchev–Trinajstić information content (AvgIpc) is 2.95. The smallest absolute Gasteiger partial charge is 0.124 e. The minimum atomic E-state index is 0.959. The summed E-state index contributed by atoms with van der Waals surface area (Å²) in [5.74, 6) is 0. The Morgan fingerprint density at radius 2 is 2.24 bits per heavy atom. The van der Waals surface area contributed by atoms with Crippen molar-refractivity contribution < 1.29 is 0 Å². The fourth-order valence-electron chi connectivity index (χ4n) is 1.68. The first-order valence-electron chi connectivity index (χ1n) is 5.95. The zero-order valence-corrected chi connectivity index (χ0v) is 12.0. The molecule has 0 aliphatic heterocycles. The number of thiazole rings is 1. The molecule has 0 aliphatic carbocycles. The first kappa shape index (κ1) is 12.7. The van der Waals surface area contributed by atoms with Gasteiger partial charge in [0.25, 0.3) is 0 Å². The summed E-state index contributed by atoms with van der Waals surface area (Å²) in [6.07, 6.45) is 2.51.